The van der Waals surface area contributed by atoms with Crippen LogP contribution in [0.5, 0.6) is 0 Å². The highest BCUT2D eigenvalue weighted by Crippen LogP contribution is 2.09. The lowest BCUT2D eigenvalue weighted by Gasteiger charge is -2.24. The molecule has 10 heteroatoms. The smallest absolute Gasteiger partial charge is 0.326 e. The maximum atomic E-state index is 12.5. The zero-order valence-electron chi connectivity index (χ0n) is 14.2. The number of nitrogens with two attached hydrogens (primary N) is 1. The third kappa shape index (κ3) is 6.16. The normalized spacial score (nSPS) is 15.7. The van der Waals surface area contributed by atoms with Crippen LogP contribution in [0.25, 0.3) is 0 Å². The molecule has 10 nitrogen and oxygen atoms in total. The highest BCUT2D eigenvalue weighted by molar-refractivity contribution is 5.92. The molecule has 1 rings (SSSR count). The van der Waals surface area contributed by atoms with Gasteiger partial charge in [-0.1, -0.05) is 20.3 Å². The Hall–Kier alpha value is -2.46. The summed E-state index contributed by atoms with van der Waals surface area (Å²) in [7, 11) is 0. The van der Waals surface area contributed by atoms with Crippen molar-refractivity contribution in [2.45, 2.75) is 44.8 Å². The second-order valence-corrected chi connectivity index (χ2v) is 5.84. The molecule has 25 heavy (non-hydrogen) atoms. The molecule has 1 heterocycles. The maximum Gasteiger partial charge on any atom is 0.326 e. The van der Waals surface area contributed by atoms with Gasteiger partial charge < -0.3 is 31.6 Å². The van der Waals surface area contributed by atoms with Crippen LogP contribution in [-0.4, -0.2) is 62.7 Å². The predicted octanol–water partition coefficient (Wildman–Crippen LogP) is -1.63. The molecule has 0 saturated heterocycles. The van der Waals surface area contributed by atoms with Gasteiger partial charge in [0.15, 0.2) is 0 Å². The monoisotopic (exact) mass is 355 g/mol. The van der Waals surface area contributed by atoms with Crippen LogP contribution in [0.2, 0.25) is 0 Å². The number of nitrogens with one attached hydrogen (secondary N) is 3. The van der Waals surface area contributed by atoms with Crippen LogP contribution in [0, 0.1) is 5.92 Å². The minimum absolute atomic E-state index is 0.0720. The first kappa shape index (κ1) is 20.6. The number of aromatic amines is 1. The summed E-state index contributed by atoms with van der Waals surface area (Å²) in [6.07, 6.45) is 3.54. The molecule has 0 aliphatic rings. The number of aromatic nitrogens is 2. The molecule has 1 aromatic rings. The predicted molar refractivity (Wildman–Crippen MR) is 88.3 cm³/mol. The van der Waals surface area contributed by atoms with Crippen LogP contribution < -0.4 is 16.4 Å². The van der Waals surface area contributed by atoms with Crippen LogP contribution in [0.4, 0.5) is 0 Å². The molecule has 0 saturated carbocycles. The number of nitrogens with zero attached hydrogens (tertiary/aromatic N) is 1. The summed E-state index contributed by atoms with van der Waals surface area (Å²) >= 11 is 0. The second kappa shape index (κ2) is 9.74. The van der Waals surface area contributed by atoms with Crippen LogP contribution in [0.15, 0.2) is 12.5 Å². The molecule has 2 amide bonds. The van der Waals surface area contributed by atoms with Crippen molar-refractivity contribution in [1.29, 1.82) is 0 Å². The van der Waals surface area contributed by atoms with Crippen LogP contribution in [-0.2, 0) is 20.8 Å². The van der Waals surface area contributed by atoms with E-state index in [2.05, 4.69) is 20.6 Å². The largest absolute Gasteiger partial charge is 0.480 e. The van der Waals surface area contributed by atoms with E-state index in [1.807, 2.05) is 6.92 Å². The summed E-state index contributed by atoms with van der Waals surface area (Å²) in [5.74, 6) is -2.80. The summed E-state index contributed by atoms with van der Waals surface area (Å²) in [6, 6.07) is -3.32. The van der Waals surface area contributed by atoms with Crippen molar-refractivity contribution in [2.24, 2.45) is 11.7 Å². The molecule has 4 unspecified atom stereocenters. The van der Waals surface area contributed by atoms with Crippen molar-refractivity contribution in [1.82, 2.24) is 20.6 Å². The SMILES string of the molecule is CCC(C)C(NC(=O)C(Cc1cnc[nH]1)NC(=O)C(N)CO)C(=O)O. The van der Waals surface area contributed by atoms with Gasteiger partial charge in [-0.05, 0) is 5.92 Å². The number of amides is 2. The van der Waals surface area contributed by atoms with E-state index in [0.29, 0.717) is 12.1 Å². The van der Waals surface area contributed by atoms with Gasteiger partial charge in [0.1, 0.15) is 18.1 Å². The van der Waals surface area contributed by atoms with Gasteiger partial charge in [-0.15, -0.1) is 0 Å². The van der Waals surface area contributed by atoms with Gasteiger partial charge in [0.05, 0.1) is 12.9 Å². The third-order valence-electron chi connectivity index (χ3n) is 3.92. The molecule has 0 fully saturated rings. The van der Waals surface area contributed by atoms with Crippen molar-refractivity contribution in [3.8, 4) is 0 Å². The number of aliphatic carboxylic acids is 1. The summed E-state index contributed by atoms with van der Waals surface area (Å²) in [4.78, 5) is 42.5. The quantitative estimate of drug-likeness (QED) is 0.292. The second-order valence-electron chi connectivity index (χ2n) is 5.84. The zero-order chi connectivity index (χ0) is 19.0. The van der Waals surface area contributed by atoms with Gasteiger partial charge in [-0.3, -0.25) is 9.59 Å². The lowest BCUT2D eigenvalue weighted by Crippen LogP contribution is -2.56. The molecule has 140 valence electrons. The molecule has 0 aliphatic heterocycles. The van der Waals surface area contributed by atoms with Gasteiger partial charge in [0.2, 0.25) is 11.8 Å². The van der Waals surface area contributed by atoms with Crippen LogP contribution in [0.3, 0.4) is 0 Å². The van der Waals surface area contributed by atoms with Crippen molar-refractivity contribution in [3.05, 3.63) is 18.2 Å². The number of hydrogen-bond donors (Lipinski definition) is 6. The highest BCUT2D eigenvalue weighted by atomic mass is 16.4. The first-order valence-corrected chi connectivity index (χ1v) is 7.97. The van der Waals surface area contributed by atoms with E-state index in [1.54, 1.807) is 6.92 Å². The molecular formula is C15H25N5O5. The van der Waals surface area contributed by atoms with E-state index >= 15 is 0 Å². The third-order valence-corrected chi connectivity index (χ3v) is 3.92. The molecule has 7 N–H and O–H groups in total. The summed E-state index contributed by atoms with van der Waals surface area (Å²) < 4.78 is 0. The van der Waals surface area contributed by atoms with Crippen molar-refractivity contribution < 1.29 is 24.6 Å². The number of carboxylic acid groups (broad SMARTS) is 1. The Balaban J connectivity index is 2.90. The fourth-order valence-electron chi connectivity index (χ4n) is 2.12. The number of carboxylic acids is 1. The van der Waals surface area contributed by atoms with Crippen molar-refractivity contribution >= 4 is 17.8 Å². The van der Waals surface area contributed by atoms with Crippen molar-refractivity contribution in [3.63, 3.8) is 0 Å². The Kier molecular flexibility index (Phi) is 8.02. The number of rotatable bonds is 10. The number of hydrogen-bond acceptors (Lipinski definition) is 6. The molecule has 1 aromatic heterocycles. The summed E-state index contributed by atoms with van der Waals surface area (Å²) in [5, 5.41) is 23.1. The molecule has 0 bridgehead atoms. The number of H-pyrrole nitrogens is 1. The Morgan fingerprint density at radius 3 is 2.48 bits per heavy atom. The van der Waals surface area contributed by atoms with Gasteiger partial charge in [0, 0.05) is 18.3 Å². The first-order valence-electron chi connectivity index (χ1n) is 7.97. The van der Waals surface area contributed by atoms with Gasteiger partial charge in [-0.25, -0.2) is 9.78 Å². The van der Waals surface area contributed by atoms with E-state index in [4.69, 9.17) is 10.8 Å². The van der Waals surface area contributed by atoms with E-state index < -0.39 is 42.5 Å². The lowest BCUT2D eigenvalue weighted by atomic mass is 9.98. The minimum Gasteiger partial charge on any atom is -0.480 e. The Morgan fingerprint density at radius 1 is 1.32 bits per heavy atom. The number of aliphatic hydroxyl groups is 1. The average molecular weight is 355 g/mol. The first-order chi connectivity index (χ1) is 11.8. The maximum absolute atomic E-state index is 12.5. The standard InChI is InChI=1S/C15H25N5O5/c1-3-8(2)12(15(24)25)20-14(23)11(4-9-5-17-7-18-9)19-13(22)10(16)6-21/h5,7-8,10-12,21H,3-4,6,16H2,1-2H3,(H,17,18)(H,19,22)(H,20,23)(H,24,25). The highest BCUT2D eigenvalue weighted by Gasteiger charge is 2.30. The number of carbonyl (C=O) groups is 3. The number of imidazole rings is 1. The molecule has 0 spiro atoms. The van der Waals surface area contributed by atoms with Gasteiger partial charge in [-0.2, -0.15) is 0 Å². The molecular weight excluding hydrogens is 330 g/mol. The van der Waals surface area contributed by atoms with E-state index in [-0.39, 0.29) is 12.3 Å². The van der Waals surface area contributed by atoms with Crippen LogP contribution in [0.1, 0.15) is 26.0 Å². The van der Waals surface area contributed by atoms with E-state index in [1.165, 1.54) is 12.5 Å². The average Bonchev–Trinajstić information content (AvgIpc) is 3.09. The van der Waals surface area contributed by atoms with Crippen molar-refractivity contribution in [2.75, 3.05) is 6.61 Å². The number of carbonyl (C=O) groups excluding carboxylic acids is 2. The Morgan fingerprint density at radius 2 is 2.00 bits per heavy atom. The lowest BCUT2D eigenvalue weighted by molar-refractivity contribution is -0.143. The topological polar surface area (TPSA) is 170 Å². The molecule has 0 aromatic carbocycles. The summed E-state index contributed by atoms with van der Waals surface area (Å²) in [5.41, 5.74) is 6.03. The van der Waals surface area contributed by atoms with Gasteiger partial charge >= 0.3 is 5.97 Å². The molecule has 4 atom stereocenters. The Labute approximate surface area is 145 Å². The molecule has 0 aliphatic carbocycles. The minimum atomic E-state index is -1.18. The van der Waals surface area contributed by atoms with E-state index in [9.17, 15) is 19.5 Å². The number of aliphatic hydroxyl groups excluding tert-OH is 1. The molecule has 0 radical (unpaired) electrons. The fraction of sp³-hybridized carbons (Fsp3) is 0.600. The summed E-state index contributed by atoms with van der Waals surface area (Å²) in [6.45, 7) is 2.95. The Bertz CT molecular complexity index is 577. The fourth-order valence-corrected chi connectivity index (χ4v) is 2.12. The zero-order valence-corrected chi connectivity index (χ0v) is 14.2. The van der Waals surface area contributed by atoms with E-state index in [0.717, 1.165) is 0 Å². The van der Waals surface area contributed by atoms with Crippen LogP contribution >= 0.6 is 0 Å². The van der Waals surface area contributed by atoms with Gasteiger partial charge in [0.25, 0.3) is 0 Å².